The van der Waals surface area contributed by atoms with E-state index in [1.54, 1.807) is 12.1 Å². The lowest BCUT2D eigenvalue weighted by Crippen LogP contribution is -2.41. The van der Waals surface area contributed by atoms with Crippen LogP contribution in [0.1, 0.15) is 28.8 Å². The molecule has 0 aromatic heterocycles. The lowest BCUT2D eigenvalue weighted by Gasteiger charge is -2.32. The van der Waals surface area contributed by atoms with Crippen LogP contribution in [0.2, 0.25) is 0 Å². The van der Waals surface area contributed by atoms with Gasteiger partial charge in [-0.25, -0.2) is 4.39 Å². The Hall–Kier alpha value is -2.20. The van der Waals surface area contributed by atoms with E-state index in [0.29, 0.717) is 31.2 Å². The molecular formula is C20H22FNO2. The first-order chi connectivity index (χ1) is 11.7. The number of benzene rings is 2. The van der Waals surface area contributed by atoms with Gasteiger partial charge in [-0.3, -0.25) is 4.79 Å². The van der Waals surface area contributed by atoms with E-state index in [1.165, 1.54) is 12.1 Å². The lowest BCUT2D eigenvalue weighted by molar-refractivity contribution is 0.0425. The van der Waals surface area contributed by atoms with Crippen LogP contribution in [0.4, 0.5) is 4.39 Å². The molecule has 1 heterocycles. The molecule has 1 unspecified atom stereocenters. The molecule has 0 bridgehead atoms. The summed E-state index contributed by atoms with van der Waals surface area (Å²) in [6.45, 7) is 2.71. The van der Waals surface area contributed by atoms with Crippen LogP contribution in [0.25, 0.3) is 0 Å². The summed E-state index contributed by atoms with van der Waals surface area (Å²) in [7, 11) is 0. The molecule has 126 valence electrons. The molecule has 3 rings (SSSR count). The second-order valence-corrected chi connectivity index (χ2v) is 6.27. The molecule has 24 heavy (non-hydrogen) atoms. The third-order valence-electron chi connectivity index (χ3n) is 4.36. The number of carbonyl (C=O) groups excluding carboxylic acids is 1. The summed E-state index contributed by atoms with van der Waals surface area (Å²) >= 11 is 0. The molecular weight excluding hydrogens is 305 g/mol. The molecule has 4 heteroatoms. The Morgan fingerprint density at radius 3 is 2.62 bits per heavy atom. The van der Waals surface area contributed by atoms with Crippen molar-refractivity contribution < 1.29 is 13.9 Å². The van der Waals surface area contributed by atoms with Crippen LogP contribution >= 0.6 is 0 Å². The van der Waals surface area contributed by atoms with Crippen LogP contribution in [0.5, 0.6) is 0 Å². The van der Waals surface area contributed by atoms with E-state index in [1.807, 2.05) is 35.2 Å². The number of piperidine rings is 1. The highest BCUT2D eigenvalue weighted by Gasteiger charge is 2.24. The van der Waals surface area contributed by atoms with Crippen LogP contribution < -0.4 is 0 Å². The molecule has 1 atom stereocenters. The Kier molecular flexibility index (Phi) is 5.59. The molecule has 1 aliphatic rings. The van der Waals surface area contributed by atoms with E-state index < -0.39 is 0 Å². The first-order valence-electron chi connectivity index (χ1n) is 8.39. The molecule has 1 saturated heterocycles. The molecule has 1 fully saturated rings. The molecule has 0 N–H and O–H groups in total. The number of nitrogens with zero attached hydrogens (tertiary/aromatic N) is 1. The molecule has 2 aromatic rings. The van der Waals surface area contributed by atoms with Crippen LogP contribution in [0.15, 0.2) is 54.6 Å². The fourth-order valence-corrected chi connectivity index (χ4v) is 3.08. The Morgan fingerprint density at radius 1 is 1.12 bits per heavy atom. The van der Waals surface area contributed by atoms with Crippen LogP contribution in [-0.2, 0) is 11.3 Å². The third-order valence-corrected chi connectivity index (χ3v) is 4.36. The minimum absolute atomic E-state index is 0.0252. The average Bonchev–Trinajstić information content (AvgIpc) is 2.63. The van der Waals surface area contributed by atoms with Gasteiger partial charge in [-0.1, -0.05) is 30.3 Å². The van der Waals surface area contributed by atoms with Gasteiger partial charge in [0, 0.05) is 18.7 Å². The van der Waals surface area contributed by atoms with Crippen molar-refractivity contribution in [2.24, 2.45) is 5.92 Å². The highest BCUT2D eigenvalue weighted by atomic mass is 19.1. The largest absolute Gasteiger partial charge is 0.376 e. The second kappa shape index (κ2) is 8.06. The number of ether oxygens (including phenoxy) is 1. The van der Waals surface area contributed by atoms with Crippen molar-refractivity contribution in [3.8, 4) is 0 Å². The van der Waals surface area contributed by atoms with Crippen LogP contribution in [-0.4, -0.2) is 30.5 Å². The number of amides is 1. The van der Waals surface area contributed by atoms with Crippen molar-refractivity contribution in [1.29, 1.82) is 0 Å². The summed E-state index contributed by atoms with van der Waals surface area (Å²) in [6.07, 6.45) is 2.05. The standard InChI is InChI=1S/C20H22FNO2/c21-19-10-8-18(9-11-19)20(23)22-12-4-7-17(13-22)15-24-14-16-5-2-1-3-6-16/h1-3,5-6,8-11,17H,4,7,12-15H2. The van der Waals surface area contributed by atoms with E-state index in [4.69, 9.17) is 4.74 Å². The minimum atomic E-state index is -0.322. The first kappa shape index (κ1) is 16.7. The van der Waals surface area contributed by atoms with E-state index in [9.17, 15) is 9.18 Å². The van der Waals surface area contributed by atoms with Crippen molar-refractivity contribution in [2.45, 2.75) is 19.4 Å². The Balaban J connectivity index is 1.50. The lowest BCUT2D eigenvalue weighted by atomic mass is 9.98. The Bertz CT molecular complexity index is 657. The quantitative estimate of drug-likeness (QED) is 0.834. The predicted molar refractivity (Wildman–Crippen MR) is 91.1 cm³/mol. The van der Waals surface area contributed by atoms with Crippen molar-refractivity contribution in [3.05, 3.63) is 71.5 Å². The van der Waals surface area contributed by atoms with Gasteiger partial charge in [0.05, 0.1) is 13.2 Å². The number of rotatable bonds is 5. The van der Waals surface area contributed by atoms with Gasteiger partial charge in [0.15, 0.2) is 0 Å². The fourth-order valence-electron chi connectivity index (χ4n) is 3.08. The smallest absolute Gasteiger partial charge is 0.253 e. The van der Waals surface area contributed by atoms with Crippen molar-refractivity contribution in [1.82, 2.24) is 4.90 Å². The van der Waals surface area contributed by atoms with Crippen molar-refractivity contribution in [2.75, 3.05) is 19.7 Å². The second-order valence-electron chi connectivity index (χ2n) is 6.27. The molecule has 1 amide bonds. The van der Waals surface area contributed by atoms with Gasteiger partial charge in [-0.15, -0.1) is 0 Å². The van der Waals surface area contributed by atoms with Gasteiger partial charge in [-0.05, 0) is 48.6 Å². The number of hydrogen-bond acceptors (Lipinski definition) is 2. The summed E-state index contributed by atoms with van der Waals surface area (Å²) in [6, 6.07) is 15.8. The summed E-state index contributed by atoms with van der Waals surface area (Å²) < 4.78 is 18.8. The van der Waals surface area contributed by atoms with E-state index in [-0.39, 0.29) is 11.7 Å². The number of likely N-dealkylation sites (tertiary alicyclic amines) is 1. The zero-order valence-electron chi connectivity index (χ0n) is 13.7. The monoisotopic (exact) mass is 327 g/mol. The summed E-state index contributed by atoms with van der Waals surface area (Å²) in [5.41, 5.74) is 1.70. The predicted octanol–water partition coefficient (Wildman–Crippen LogP) is 3.89. The minimum Gasteiger partial charge on any atom is -0.376 e. The van der Waals surface area contributed by atoms with E-state index in [0.717, 1.165) is 24.9 Å². The molecule has 0 radical (unpaired) electrons. The van der Waals surface area contributed by atoms with Crippen molar-refractivity contribution in [3.63, 3.8) is 0 Å². The third kappa shape index (κ3) is 4.42. The molecule has 0 saturated carbocycles. The zero-order valence-corrected chi connectivity index (χ0v) is 13.7. The van der Waals surface area contributed by atoms with Gasteiger partial charge in [0.2, 0.25) is 0 Å². The topological polar surface area (TPSA) is 29.5 Å². The fraction of sp³-hybridized carbons (Fsp3) is 0.350. The molecule has 0 spiro atoms. The average molecular weight is 327 g/mol. The summed E-state index contributed by atoms with van der Waals surface area (Å²) in [5.74, 6) is 0.00648. The van der Waals surface area contributed by atoms with E-state index in [2.05, 4.69) is 0 Å². The van der Waals surface area contributed by atoms with Crippen molar-refractivity contribution >= 4 is 5.91 Å². The maximum absolute atomic E-state index is 13.0. The highest BCUT2D eigenvalue weighted by molar-refractivity contribution is 5.94. The SMILES string of the molecule is O=C(c1ccc(F)cc1)N1CCCC(COCc2ccccc2)C1. The first-order valence-corrected chi connectivity index (χ1v) is 8.39. The Morgan fingerprint density at radius 2 is 1.88 bits per heavy atom. The van der Waals surface area contributed by atoms with E-state index >= 15 is 0 Å². The van der Waals surface area contributed by atoms with Gasteiger partial charge in [0.25, 0.3) is 5.91 Å². The molecule has 3 nitrogen and oxygen atoms in total. The van der Waals surface area contributed by atoms with Gasteiger partial charge >= 0.3 is 0 Å². The van der Waals surface area contributed by atoms with Gasteiger partial charge < -0.3 is 9.64 Å². The maximum Gasteiger partial charge on any atom is 0.253 e. The van der Waals surface area contributed by atoms with Crippen LogP contribution in [0, 0.1) is 11.7 Å². The molecule has 2 aromatic carbocycles. The van der Waals surface area contributed by atoms with Gasteiger partial charge in [0.1, 0.15) is 5.82 Å². The molecule has 0 aliphatic carbocycles. The molecule has 1 aliphatic heterocycles. The van der Waals surface area contributed by atoms with Crippen LogP contribution in [0.3, 0.4) is 0 Å². The summed E-state index contributed by atoms with van der Waals surface area (Å²) in [5, 5.41) is 0. The maximum atomic E-state index is 13.0. The van der Waals surface area contributed by atoms with Gasteiger partial charge in [-0.2, -0.15) is 0 Å². The normalized spacial score (nSPS) is 17.7. The number of halogens is 1. The zero-order chi connectivity index (χ0) is 16.8. The number of hydrogen-bond donors (Lipinski definition) is 0. The summed E-state index contributed by atoms with van der Waals surface area (Å²) in [4.78, 5) is 14.4. The number of carbonyl (C=O) groups is 1. The Labute approximate surface area is 142 Å². The highest BCUT2D eigenvalue weighted by Crippen LogP contribution is 2.19.